The van der Waals surface area contributed by atoms with Gasteiger partial charge in [-0.15, -0.1) is 0 Å². The summed E-state index contributed by atoms with van der Waals surface area (Å²) in [4.78, 5) is 25.0. The molecule has 0 saturated heterocycles. The highest BCUT2D eigenvalue weighted by Gasteiger charge is 2.28. The molecule has 0 aliphatic rings. The molecule has 0 saturated carbocycles. The number of ether oxygens (including phenoxy) is 1. The Morgan fingerprint density at radius 3 is 2.33 bits per heavy atom. The Hall–Kier alpha value is -4.38. The van der Waals surface area contributed by atoms with Crippen LogP contribution in [0.25, 0.3) is 0 Å². The fourth-order valence-corrected chi connectivity index (χ4v) is 5.65. The first kappa shape index (κ1) is 30.6. The molecule has 0 radical (unpaired) electrons. The SMILES string of the molecule is Cc1c(Cl)cccc1N(CC(=O)N/N=C\c1ccc(OCC(=O)Nc2cccc(Cl)c2)cc1)S(=O)(=O)c1ccccc1. The maximum absolute atomic E-state index is 13.5. The van der Waals surface area contributed by atoms with Crippen molar-refractivity contribution in [3.05, 3.63) is 118 Å². The highest BCUT2D eigenvalue weighted by Crippen LogP contribution is 2.30. The minimum atomic E-state index is -4.09. The van der Waals surface area contributed by atoms with Crippen molar-refractivity contribution in [3.63, 3.8) is 0 Å². The van der Waals surface area contributed by atoms with Crippen LogP contribution >= 0.6 is 23.2 Å². The number of halogens is 2. The van der Waals surface area contributed by atoms with E-state index in [0.29, 0.717) is 32.6 Å². The Labute approximate surface area is 253 Å². The van der Waals surface area contributed by atoms with E-state index in [4.69, 9.17) is 27.9 Å². The van der Waals surface area contributed by atoms with E-state index in [0.717, 1.165) is 4.31 Å². The lowest BCUT2D eigenvalue weighted by molar-refractivity contribution is -0.119. The summed E-state index contributed by atoms with van der Waals surface area (Å²) in [6.07, 6.45) is 1.40. The van der Waals surface area contributed by atoms with Crippen molar-refractivity contribution in [1.29, 1.82) is 0 Å². The van der Waals surface area contributed by atoms with Crippen molar-refractivity contribution >= 4 is 62.6 Å². The average Bonchev–Trinajstić information content (AvgIpc) is 2.97. The highest BCUT2D eigenvalue weighted by atomic mass is 35.5. The second-order valence-electron chi connectivity index (χ2n) is 8.92. The molecular weight excluding hydrogens is 599 g/mol. The number of rotatable bonds is 11. The van der Waals surface area contributed by atoms with Crippen LogP contribution in [0.2, 0.25) is 10.0 Å². The molecule has 0 aromatic heterocycles. The molecular formula is C30H26Cl2N4O5S. The monoisotopic (exact) mass is 624 g/mol. The number of carbonyl (C=O) groups is 2. The smallest absolute Gasteiger partial charge is 0.264 e. The van der Waals surface area contributed by atoms with Crippen LogP contribution in [0.3, 0.4) is 0 Å². The number of anilines is 2. The highest BCUT2D eigenvalue weighted by molar-refractivity contribution is 7.92. The van der Waals surface area contributed by atoms with Crippen molar-refractivity contribution in [1.82, 2.24) is 5.43 Å². The number of benzene rings is 4. The zero-order valence-electron chi connectivity index (χ0n) is 22.3. The molecule has 2 amide bonds. The number of nitrogens with zero attached hydrogens (tertiary/aromatic N) is 2. The molecule has 0 fully saturated rings. The summed E-state index contributed by atoms with van der Waals surface area (Å²) < 4.78 is 33.5. The molecule has 4 aromatic carbocycles. The molecule has 0 bridgehead atoms. The van der Waals surface area contributed by atoms with E-state index < -0.39 is 22.5 Å². The van der Waals surface area contributed by atoms with Gasteiger partial charge in [0.05, 0.1) is 16.8 Å². The second kappa shape index (κ2) is 14.0. The minimum Gasteiger partial charge on any atom is -0.484 e. The largest absolute Gasteiger partial charge is 0.484 e. The fourth-order valence-electron chi connectivity index (χ4n) is 3.79. The van der Waals surface area contributed by atoms with Gasteiger partial charge in [0.1, 0.15) is 12.3 Å². The maximum atomic E-state index is 13.5. The maximum Gasteiger partial charge on any atom is 0.264 e. The van der Waals surface area contributed by atoms with Crippen molar-refractivity contribution < 1.29 is 22.7 Å². The summed E-state index contributed by atoms with van der Waals surface area (Å²) in [6.45, 7) is 0.949. The van der Waals surface area contributed by atoms with Gasteiger partial charge in [0, 0.05) is 15.7 Å². The Bertz CT molecular complexity index is 1700. The molecule has 2 N–H and O–H groups in total. The lowest BCUT2D eigenvalue weighted by atomic mass is 10.2. The standard InChI is InChI=1S/C30H26Cl2N4O5S/c1-21-27(32)11-6-12-28(21)36(42(39,40)26-9-3-2-4-10-26)19-29(37)35-33-18-22-13-15-25(16-14-22)41-20-30(38)34-24-8-5-7-23(31)17-24/h2-18H,19-20H2,1H3,(H,34,38)(H,35,37)/b33-18-. The fraction of sp³-hybridized carbons (Fsp3) is 0.100. The average molecular weight is 626 g/mol. The third-order valence-corrected chi connectivity index (χ3v) is 8.31. The molecule has 9 nitrogen and oxygen atoms in total. The van der Waals surface area contributed by atoms with Gasteiger partial charge in [-0.3, -0.25) is 13.9 Å². The predicted octanol–water partition coefficient (Wildman–Crippen LogP) is 5.66. The lowest BCUT2D eigenvalue weighted by Crippen LogP contribution is -2.40. The van der Waals surface area contributed by atoms with Crippen molar-refractivity contribution in [2.75, 3.05) is 22.8 Å². The number of hydrogen-bond acceptors (Lipinski definition) is 6. The number of sulfonamides is 1. The molecule has 0 aliphatic heterocycles. The van der Waals surface area contributed by atoms with Gasteiger partial charge in [-0.2, -0.15) is 5.10 Å². The van der Waals surface area contributed by atoms with Crippen LogP contribution in [-0.4, -0.2) is 39.6 Å². The van der Waals surface area contributed by atoms with E-state index in [9.17, 15) is 18.0 Å². The summed E-state index contributed by atoms with van der Waals surface area (Å²) in [5, 5.41) is 7.52. The molecule has 0 unspecified atom stereocenters. The first-order chi connectivity index (χ1) is 20.1. The summed E-state index contributed by atoms with van der Waals surface area (Å²) in [7, 11) is -4.09. The molecule has 4 aromatic rings. The summed E-state index contributed by atoms with van der Waals surface area (Å²) >= 11 is 12.2. The van der Waals surface area contributed by atoms with Crippen LogP contribution in [0.1, 0.15) is 11.1 Å². The second-order valence-corrected chi connectivity index (χ2v) is 11.6. The van der Waals surface area contributed by atoms with E-state index >= 15 is 0 Å². The number of nitrogens with one attached hydrogen (secondary N) is 2. The van der Waals surface area contributed by atoms with Crippen molar-refractivity contribution in [3.8, 4) is 5.75 Å². The van der Waals surface area contributed by atoms with E-state index in [1.165, 1.54) is 18.3 Å². The van der Waals surface area contributed by atoms with Gasteiger partial charge in [-0.05, 0) is 84.8 Å². The number of hydrogen-bond donors (Lipinski definition) is 2. The first-order valence-corrected chi connectivity index (χ1v) is 14.8. The third kappa shape index (κ3) is 8.10. The normalized spacial score (nSPS) is 11.2. The molecule has 4 rings (SSSR count). The molecule has 12 heteroatoms. The molecule has 216 valence electrons. The third-order valence-electron chi connectivity index (χ3n) is 5.89. The number of hydrazone groups is 1. The van der Waals surface area contributed by atoms with Gasteiger partial charge in [0.2, 0.25) is 0 Å². The van der Waals surface area contributed by atoms with E-state index in [1.54, 1.807) is 91.9 Å². The molecule has 0 spiro atoms. The van der Waals surface area contributed by atoms with Gasteiger partial charge in [0.25, 0.3) is 21.8 Å². The van der Waals surface area contributed by atoms with Crippen LogP contribution in [0.5, 0.6) is 5.75 Å². The Kier molecular flexibility index (Phi) is 10.2. The summed E-state index contributed by atoms with van der Waals surface area (Å²) in [5.74, 6) is -0.547. The van der Waals surface area contributed by atoms with Crippen molar-refractivity contribution in [2.45, 2.75) is 11.8 Å². The van der Waals surface area contributed by atoms with Gasteiger partial charge >= 0.3 is 0 Å². The van der Waals surface area contributed by atoms with Crippen LogP contribution in [0.4, 0.5) is 11.4 Å². The topological polar surface area (TPSA) is 117 Å². The Morgan fingerprint density at radius 2 is 1.62 bits per heavy atom. The summed E-state index contributed by atoms with van der Waals surface area (Å²) in [5.41, 5.74) is 4.35. The van der Waals surface area contributed by atoms with Gasteiger partial charge in [-0.1, -0.05) is 53.5 Å². The number of carbonyl (C=O) groups excluding carboxylic acids is 2. The zero-order chi connectivity index (χ0) is 30.1. The van der Waals surface area contributed by atoms with Gasteiger partial charge < -0.3 is 10.1 Å². The summed E-state index contributed by atoms with van der Waals surface area (Å²) in [6, 6.07) is 26.1. The molecule has 0 heterocycles. The number of amides is 2. The Morgan fingerprint density at radius 1 is 0.905 bits per heavy atom. The predicted molar refractivity (Wildman–Crippen MR) is 165 cm³/mol. The quantitative estimate of drug-likeness (QED) is 0.165. The zero-order valence-corrected chi connectivity index (χ0v) is 24.7. The minimum absolute atomic E-state index is 0.0323. The van der Waals surface area contributed by atoms with Gasteiger partial charge in [0.15, 0.2) is 6.61 Å². The van der Waals surface area contributed by atoms with Crippen LogP contribution in [0.15, 0.2) is 107 Å². The van der Waals surface area contributed by atoms with Crippen LogP contribution in [-0.2, 0) is 19.6 Å². The van der Waals surface area contributed by atoms with E-state index in [2.05, 4.69) is 15.8 Å². The van der Waals surface area contributed by atoms with E-state index in [-0.39, 0.29) is 23.1 Å². The Balaban J connectivity index is 1.36. The lowest BCUT2D eigenvalue weighted by Gasteiger charge is -2.25. The molecule has 42 heavy (non-hydrogen) atoms. The van der Waals surface area contributed by atoms with Crippen LogP contribution in [0, 0.1) is 6.92 Å². The van der Waals surface area contributed by atoms with Crippen molar-refractivity contribution in [2.24, 2.45) is 5.10 Å². The van der Waals surface area contributed by atoms with Crippen LogP contribution < -0.4 is 19.8 Å². The first-order valence-electron chi connectivity index (χ1n) is 12.6. The van der Waals surface area contributed by atoms with Gasteiger partial charge in [-0.25, -0.2) is 13.8 Å². The molecule has 0 atom stereocenters. The molecule has 0 aliphatic carbocycles. The van der Waals surface area contributed by atoms with E-state index in [1.807, 2.05) is 0 Å².